The van der Waals surface area contributed by atoms with Crippen LogP contribution in [0.2, 0.25) is 0 Å². The third-order valence-corrected chi connectivity index (χ3v) is 7.26. The van der Waals surface area contributed by atoms with Gasteiger partial charge in [0.05, 0.1) is 11.5 Å². The van der Waals surface area contributed by atoms with Gasteiger partial charge in [0.15, 0.2) is 0 Å². The van der Waals surface area contributed by atoms with Gasteiger partial charge in [-0.25, -0.2) is 9.18 Å². The van der Waals surface area contributed by atoms with Crippen LogP contribution in [0.3, 0.4) is 0 Å². The molecule has 0 spiro atoms. The van der Waals surface area contributed by atoms with E-state index in [1.165, 1.54) is 12.1 Å². The van der Waals surface area contributed by atoms with Gasteiger partial charge >= 0.3 is 6.03 Å². The number of anilines is 2. The first-order valence-corrected chi connectivity index (χ1v) is 14.2. The Kier molecular flexibility index (Phi) is 10.3. The molecular formula is C32H38FN5O3. The summed E-state index contributed by atoms with van der Waals surface area (Å²) in [5, 5.41) is 8.39. The molecule has 1 unspecified atom stereocenters. The molecule has 1 aliphatic rings. The molecule has 3 aromatic carbocycles. The molecule has 0 saturated carbocycles. The van der Waals surface area contributed by atoms with Crippen LogP contribution in [0.15, 0.2) is 72.8 Å². The Morgan fingerprint density at radius 1 is 0.878 bits per heavy atom. The van der Waals surface area contributed by atoms with E-state index in [1.807, 2.05) is 55.1 Å². The van der Waals surface area contributed by atoms with Crippen LogP contribution in [0.1, 0.15) is 54.1 Å². The number of rotatable bonds is 9. The zero-order chi connectivity index (χ0) is 29.2. The zero-order valence-electron chi connectivity index (χ0n) is 23.7. The lowest BCUT2D eigenvalue weighted by Gasteiger charge is -2.28. The van der Waals surface area contributed by atoms with E-state index < -0.39 is 0 Å². The largest absolute Gasteiger partial charge is 0.369 e. The van der Waals surface area contributed by atoms with Gasteiger partial charge in [-0.05, 0) is 61.2 Å². The fourth-order valence-corrected chi connectivity index (χ4v) is 5.12. The van der Waals surface area contributed by atoms with Crippen LogP contribution in [-0.4, -0.2) is 55.5 Å². The predicted molar refractivity (Wildman–Crippen MR) is 160 cm³/mol. The van der Waals surface area contributed by atoms with Crippen LogP contribution in [0.4, 0.5) is 20.6 Å². The number of amides is 4. The van der Waals surface area contributed by atoms with Crippen molar-refractivity contribution >= 4 is 29.2 Å². The molecular weight excluding hydrogens is 521 g/mol. The van der Waals surface area contributed by atoms with Gasteiger partial charge in [0, 0.05) is 50.6 Å². The monoisotopic (exact) mass is 559 g/mol. The first-order chi connectivity index (χ1) is 19.9. The van der Waals surface area contributed by atoms with Crippen LogP contribution in [0.5, 0.6) is 0 Å². The van der Waals surface area contributed by atoms with Crippen LogP contribution in [-0.2, 0) is 11.3 Å². The van der Waals surface area contributed by atoms with Crippen molar-refractivity contribution in [3.05, 3.63) is 95.3 Å². The lowest BCUT2D eigenvalue weighted by Crippen LogP contribution is -2.38. The van der Waals surface area contributed by atoms with Crippen molar-refractivity contribution in [2.45, 2.75) is 39.2 Å². The molecule has 8 nitrogen and oxygen atoms in total. The summed E-state index contributed by atoms with van der Waals surface area (Å²) in [6.07, 6.45) is 1.48. The second-order valence-electron chi connectivity index (χ2n) is 10.1. The smallest absolute Gasteiger partial charge is 0.319 e. The van der Waals surface area contributed by atoms with Crippen molar-refractivity contribution in [1.82, 2.24) is 15.5 Å². The van der Waals surface area contributed by atoms with E-state index in [4.69, 9.17) is 0 Å². The van der Waals surface area contributed by atoms with Gasteiger partial charge in [0.1, 0.15) is 5.82 Å². The standard InChI is InChI=1S/C32H38FN5O3/c1-3-27(24-9-6-5-7-10-24)31(40)38-18-8-17-37(19-20-38)29-16-15-26(36-32(41)34-4-2)21-28(29)30(39)35-22-23-11-13-25(33)14-12-23/h5-7,9-16,21,27H,3-4,8,17-20,22H2,1-2H3,(H,35,39)(H2,34,36,41). The maximum atomic E-state index is 13.5. The lowest BCUT2D eigenvalue weighted by atomic mass is 9.95. The normalized spacial score (nSPS) is 14.1. The highest BCUT2D eigenvalue weighted by Crippen LogP contribution is 2.28. The summed E-state index contributed by atoms with van der Waals surface area (Å²) < 4.78 is 13.3. The molecule has 0 radical (unpaired) electrons. The molecule has 0 bridgehead atoms. The highest BCUT2D eigenvalue weighted by molar-refractivity contribution is 6.02. The van der Waals surface area contributed by atoms with Crippen molar-refractivity contribution in [3.8, 4) is 0 Å². The Balaban J connectivity index is 1.52. The Morgan fingerprint density at radius 3 is 2.34 bits per heavy atom. The molecule has 41 heavy (non-hydrogen) atoms. The maximum absolute atomic E-state index is 13.5. The molecule has 1 saturated heterocycles. The topological polar surface area (TPSA) is 93.8 Å². The molecule has 216 valence electrons. The number of carbonyl (C=O) groups is 3. The van der Waals surface area contributed by atoms with Crippen LogP contribution >= 0.6 is 0 Å². The van der Waals surface area contributed by atoms with E-state index in [2.05, 4.69) is 20.9 Å². The first kappa shape index (κ1) is 29.6. The van der Waals surface area contributed by atoms with E-state index in [0.29, 0.717) is 44.0 Å². The molecule has 0 aliphatic carbocycles. The van der Waals surface area contributed by atoms with Gasteiger partial charge in [-0.15, -0.1) is 0 Å². The molecule has 3 N–H and O–H groups in total. The first-order valence-electron chi connectivity index (χ1n) is 14.2. The Bertz CT molecular complexity index is 1330. The second-order valence-corrected chi connectivity index (χ2v) is 10.1. The number of hydrogen-bond acceptors (Lipinski definition) is 4. The number of urea groups is 1. The Morgan fingerprint density at radius 2 is 1.63 bits per heavy atom. The summed E-state index contributed by atoms with van der Waals surface area (Å²) in [7, 11) is 0. The van der Waals surface area contributed by atoms with Crippen molar-refractivity contribution in [1.29, 1.82) is 0 Å². The van der Waals surface area contributed by atoms with Gasteiger partial charge in [0.25, 0.3) is 5.91 Å². The van der Waals surface area contributed by atoms with Gasteiger partial charge < -0.3 is 25.8 Å². The third kappa shape index (κ3) is 7.84. The second kappa shape index (κ2) is 14.3. The van der Waals surface area contributed by atoms with Gasteiger partial charge in [-0.3, -0.25) is 9.59 Å². The molecule has 1 heterocycles. The van der Waals surface area contributed by atoms with E-state index >= 15 is 0 Å². The Hall–Kier alpha value is -4.40. The van der Waals surface area contributed by atoms with Gasteiger partial charge in [0.2, 0.25) is 5.91 Å². The number of nitrogens with zero attached hydrogens (tertiary/aromatic N) is 2. The highest BCUT2D eigenvalue weighted by Gasteiger charge is 2.27. The van der Waals surface area contributed by atoms with Crippen molar-refractivity contribution < 1.29 is 18.8 Å². The summed E-state index contributed by atoms with van der Waals surface area (Å²) in [5.74, 6) is -0.708. The van der Waals surface area contributed by atoms with Crippen molar-refractivity contribution in [2.75, 3.05) is 42.9 Å². The minimum Gasteiger partial charge on any atom is -0.369 e. The number of hydrogen-bond donors (Lipinski definition) is 3. The molecule has 4 rings (SSSR count). The minimum atomic E-state index is -0.356. The van der Waals surface area contributed by atoms with Gasteiger partial charge in [-0.2, -0.15) is 0 Å². The molecule has 0 aromatic heterocycles. The lowest BCUT2D eigenvalue weighted by molar-refractivity contribution is -0.132. The highest BCUT2D eigenvalue weighted by atomic mass is 19.1. The summed E-state index contributed by atoms with van der Waals surface area (Å²) >= 11 is 0. The number of halogens is 1. The fraction of sp³-hybridized carbons (Fsp3) is 0.344. The Labute approximate surface area is 240 Å². The van der Waals surface area contributed by atoms with Crippen molar-refractivity contribution in [3.63, 3.8) is 0 Å². The molecule has 1 aliphatic heterocycles. The van der Waals surface area contributed by atoms with Crippen LogP contribution in [0, 0.1) is 5.82 Å². The van der Waals surface area contributed by atoms with Crippen molar-refractivity contribution in [2.24, 2.45) is 0 Å². The van der Waals surface area contributed by atoms with E-state index in [0.717, 1.165) is 29.7 Å². The minimum absolute atomic E-state index is 0.124. The average molecular weight is 560 g/mol. The summed E-state index contributed by atoms with van der Waals surface area (Å²) in [4.78, 5) is 43.2. The average Bonchev–Trinajstić information content (AvgIpc) is 3.24. The third-order valence-electron chi connectivity index (χ3n) is 7.26. The van der Waals surface area contributed by atoms with E-state index in [-0.39, 0.29) is 36.1 Å². The predicted octanol–water partition coefficient (Wildman–Crippen LogP) is 5.13. The molecule has 1 fully saturated rings. The van der Waals surface area contributed by atoms with Crippen LogP contribution < -0.4 is 20.9 Å². The fourth-order valence-electron chi connectivity index (χ4n) is 5.12. The summed E-state index contributed by atoms with van der Waals surface area (Å²) in [5.41, 5.74) is 3.43. The number of nitrogens with one attached hydrogen (secondary N) is 3. The summed E-state index contributed by atoms with van der Waals surface area (Å²) in [6.45, 7) is 6.98. The molecule has 4 amide bonds. The summed E-state index contributed by atoms with van der Waals surface area (Å²) in [6, 6.07) is 20.8. The quantitative estimate of drug-likeness (QED) is 0.339. The van der Waals surface area contributed by atoms with E-state index in [1.54, 1.807) is 24.3 Å². The van der Waals surface area contributed by atoms with E-state index in [9.17, 15) is 18.8 Å². The van der Waals surface area contributed by atoms with Crippen LogP contribution in [0.25, 0.3) is 0 Å². The molecule has 9 heteroatoms. The molecule has 3 aromatic rings. The zero-order valence-corrected chi connectivity index (χ0v) is 23.7. The number of carbonyl (C=O) groups excluding carboxylic acids is 3. The van der Waals surface area contributed by atoms with Gasteiger partial charge in [-0.1, -0.05) is 49.4 Å². The molecule has 1 atom stereocenters. The number of benzene rings is 3. The maximum Gasteiger partial charge on any atom is 0.319 e. The SMILES string of the molecule is CCNC(=O)Nc1ccc(N2CCCN(C(=O)C(CC)c3ccccc3)CC2)c(C(=O)NCc2ccc(F)cc2)c1.